The van der Waals surface area contributed by atoms with Gasteiger partial charge in [0, 0.05) is 23.9 Å². The van der Waals surface area contributed by atoms with E-state index in [2.05, 4.69) is 35.3 Å². The molecule has 0 aliphatic carbocycles. The van der Waals surface area contributed by atoms with Gasteiger partial charge in [0.15, 0.2) is 12.1 Å². The van der Waals surface area contributed by atoms with Crippen molar-refractivity contribution in [3.05, 3.63) is 95.7 Å². The Balaban J connectivity index is 1.51. The minimum atomic E-state index is -0.0343. The van der Waals surface area contributed by atoms with Crippen molar-refractivity contribution in [2.75, 3.05) is 13.2 Å². The van der Waals surface area contributed by atoms with Gasteiger partial charge in [0.2, 0.25) is 0 Å². The zero-order chi connectivity index (χ0) is 20.4. The molecule has 1 fully saturated rings. The summed E-state index contributed by atoms with van der Waals surface area (Å²) in [6.07, 6.45) is 6.89. The molecule has 1 atom stereocenters. The zero-order valence-corrected chi connectivity index (χ0v) is 17.2. The lowest BCUT2D eigenvalue weighted by molar-refractivity contribution is -0.162. The Morgan fingerprint density at radius 1 is 0.933 bits per heavy atom. The zero-order valence-electron chi connectivity index (χ0n) is 17.2. The standard InChI is InChI=1S/C26H28N2O2/c1-3-11-21(12-4-1)25(22-13-5-2-6-14-22)28-26-23(15-9-18-27-26)16-10-20-30-24-17-7-8-19-29-24/h1-6,9,11-15,18,24H,7-8,10,16-17,19-20H2. The van der Waals surface area contributed by atoms with E-state index in [1.165, 1.54) is 6.42 Å². The van der Waals surface area contributed by atoms with Gasteiger partial charge in [-0.1, -0.05) is 66.7 Å². The summed E-state index contributed by atoms with van der Waals surface area (Å²) in [5.41, 5.74) is 4.23. The Morgan fingerprint density at radius 2 is 1.67 bits per heavy atom. The predicted octanol–water partition coefficient (Wildman–Crippen LogP) is 5.73. The Hall–Kier alpha value is -2.82. The van der Waals surface area contributed by atoms with Gasteiger partial charge in [-0.05, 0) is 43.7 Å². The average Bonchev–Trinajstić information content (AvgIpc) is 2.83. The fourth-order valence-corrected chi connectivity index (χ4v) is 3.64. The molecule has 4 heteroatoms. The van der Waals surface area contributed by atoms with Gasteiger partial charge in [-0.15, -0.1) is 0 Å². The van der Waals surface area contributed by atoms with E-state index in [0.29, 0.717) is 6.61 Å². The van der Waals surface area contributed by atoms with Crippen LogP contribution in [0.15, 0.2) is 84.0 Å². The van der Waals surface area contributed by atoms with Gasteiger partial charge in [-0.25, -0.2) is 9.98 Å². The summed E-state index contributed by atoms with van der Waals surface area (Å²) >= 11 is 0. The Labute approximate surface area is 178 Å². The van der Waals surface area contributed by atoms with Crippen molar-refractivity contribution in [1.82, 2.24) is 4.98 Å². The number of aromatic nitrogens is 1. The fraction of sp³-hybridized carbons (Fsp3) is 0.308. The van der Waals surface area contributed by atoms with E-state index in [-0.39, 0.29) is 6.29 Å². The molecule has 2 heterocycles. The SMILES string of the molecule is c1ccc(C(=Nc2ncccc2CCCOC2CCCCO2)c2ccccc2)cc1. The van der Waals surface area contributed by atoms with Crippen LogP contribution in [0, 0.1) is 0 Å². The van der Waals surface area contributed by atoms with E-state index < -0.39 is 0 Å². The van der Waals surface area contributed by atoms with Crippen LogP contribution in [0.2, 0.25) is 0 Å². The lowest BCUT2D eigenvalue weighted by Gasteiger charge is -2.22. The third-order valence-corrected chi connectivity index (χ3v) is 5.21. The topological polar surface area (TPSA) is 43.7 Å². The van der Waals surface area contributed by atoms with Crippen LogP contribution in [0.1, 0.15) is 42.4 Å². The second-order valence-electron chi connectivity index (χ2n) is 7.45. The molecule has 0 saturated carbocycles. The van der Waals surface area contributed by atoms with Crippen molar-refractivity contribution in [1.29, 1.82) is 0 Å². The molecule has 0 bridgehead atoms. The average molecular weight is 401 g/mol. The normalized spacial score (nSPS) is 16.2. The van der Waals surface area contributed by atoms with E-state index in [1.807, 2.05) is 48.7 Å². The van der Waals surface area contributed by atoms with Gasteiger partial charge in [0.1, 0.15) is 0 Å². The third kappa shape index (κ3) is 5.62. The Morgan fingerprint density at radius 3 is 2.33 bits per heavy atom. The first-order valence-corrected chi connectivity index (χ1v) is 10.8. The minimum Gasteiger partial charge on any atom is -0.353 e. The second kappa shape index (κ2) is 10.8. The number of ether oxygens (including phenoxy) is 2. The number of nitrogens with zero attached hydrogens (tertiary/aromatic N) is 2. The van der Waals surface area contributed by atoms with Gasteiger partial charge in [-0.2, -0.15) is 0 Å². The number of pyridine rings is 1. The van der Waals surface area contributed by atoms with Crippen LogP contribution in [0.4, 0.5) is 5.82 Å². The number of hydrogen-bond donors (Lipinski definition) is 0. The van der Waals surface area contributed by atoms with Crippen molar-refractivity contribution in [3.8, 4) is 0 Å². The molecule has 3 aromatic rings. The van der Waals surface area contributed by atoms with Crippen molar-refractivity contribution >= 4 is 11.5 Å². The van der Waals surface area contributed by atoms with Crippen molar-refractivity contribution in [2.45, 2.75) is 38.4 Å². The van der Waals surface area contributed by atoms with Gasteiger partial charge in [0.25, 0.3) is 0 Å². The highest BCUT2D eigenvalue weighted by atomic mass is 16.7. The molecular formula is C26H28N2O2. The van der Waals surface area contributed by atoms with E-state index in [1.54, 1.807) is 0 Å². The molecule has 1 aliphatic rings. The van der Waals surface area contributed by atoms with Crippen molar-refractivity contribution < 1.29 is 9.47 Å². The predicted molar refractivity (Wildman–Crippen MR) is 120 cm³/mol. The third-order valence-electron chi connectivity index (χ3n) is 5.21. The summed E-state index contributed by atoms with van der Waals surface area (Å²) in [7, 11) is 0. The van der Waals surface area contributed by atoms with Crippen LogP contribution in [-0.2, 0) is 15.9 Å². The van der Waals surface area contributed by atoms with E-state index in [9.17, 15) is 0 Å². The molecule has 2 aromatic carbocycles. The minimum absolute atomic E-state index is 0.0343. The van der Waals surface area contributed by atoms with Crippen LogP contribution in [0.5, 0.6) is 0 Å². The molecular weight excluding hydrogens is 372 g/mol. The summed E-state index contributed by atoms with van der Waals surface area (Å²) in [6, 6.07) is 24.6. The molecule has 0 radical (unpaired) electrons. The summed E-state index contributed by atoms with van der Waals surface area (Å²) in [5.74, 6) is 0.772. The fourth-order valence-electron chi connectivity index (χ4n) is 3.64. The molecule has 1 aliphatic heterocycles. The van der Waals surface area contributed by atoms with Gasteiger partial charge >= 0.3 is 0 Å². The van der Waals surface area contributed by atoms with Gasteiger partial charge < -0.3 is 9.47 Å². The summed E-state index contributed by atoms with van der Waals surface area (Å²) in [4.78, 5) is 9.59. The number of hydrogen-bond acceptors (Lipinski definition) is 4. The Bertz CT molecular complexity index is 894. The number of aryl methyl sites for hydroxylation is 1. The molecule has 154 valence electrons. The molecule has 1 saturated heterocycles. The van der Waals surface area contributed by atoms with E-state index in [0.717, 1.165) is 60.5 Å². The first-order valence-electron chi connectivity index (χ1n) is 10.8. The van der Waals surface area contributed by atoms with Gasteiger partial charge in [-0.3, -0.25) is 0 Å². The van der Waals surface area contributed by atoms with Crippen LogP contribution >= 0.6 is 0 Å². The molecule has 1 unspecified atom stereocenters. The molecule has 0 spiro atoms. The largest absolute Gasteiger partial charge is 0.353 e. The maximum absolute atomic E-state index is 5.89. The lowest BCUT2D eigenvalue weighted by atomic mass is 10.0. The smallest absolute Gasteiger partial charge is 0.157 e. The number of benzene rings is 2. The summed E-state index contributed by atoms with van der Waals surface area (Å²) in [5, 5.41) is 0. The van der Waals surface area contributed by atoms with Crippen molar-refractivity contribution in [2.24, 2.45) is 4.99 Å². The maximum Gasteiger partial charge on any atom is 0.157 e. The summed E-state index contributed by atoms with van der Waals surface area (Å²) < 4.78 is 11.5. The maximum atomic E-state index is 5.89. The highest BCUT2D eigenvalue weighted by molar-refractivity contribution is 6.13. The van der Waals surface area contributed by atoms with E-state index in [4.69, 9.17) is 14.5 Å². The quantitative estimate of drug-likeness (QED) is 0.358. The first-order chi connectivity index (χ1) is 14.9. The highest BCUT2D eigenvalue weighted by Crippen LogP contribution is 2.22. The second-order valence-corrected chi connectivity index (χ2v) is 7.45. The molecule has 0 amide bonds. The number of rotatable bonds is 8. The first kappa shape index (κ1) is 20.5. The lowest BCUT2D eigenvalue weighted by Crippen LogP contribution is -2.22. The Kier molecular flexibility index (Phi) is 7.37. The molecule has 1 aromatic heterocycles. The molecule has 30 heavy (non-hydrogen) atoms. The molecule has 4 nitrogen and oxygen atoms in total. The number of aliphatic imine (C=N–C) groups is 1. The van der Waals surface area contributed by atoms with Crippen LogP contribution in [0.25, 0.3) is 0 Å². The molecule has 4 rings (SSSR count). The van der Waals surface area contributed by atoms with Crippen molar-refractivity contribution in [3.63, 3.8) is 0 Å². The summed E-state index contributed by atoms with van der Waals surface area (Å²) in [6.45, 7) is 1.50. The van der Waals surface area contributed by atoms with Crippen LogP contribution in [-0.4, -0.2) is 30.2 Å². The molecule has 0 N–H and O–H groups in total. The van der Waals surface area contributed by atoms with E-state index >= 15 is 0 Å². The van der Waals surface area contributed by atoms with Crippen LogP contribution in [0.3, 0.4) is 0 Å². The van der Waals surface area contributed by atoms with Gasteiger partial charge in [0.05, 0.1) is 12.3 Å². The highest BCUT2D eigenvalue weighted by Gasteiger charge is 2.14. The monoisotopic (exact) mass is 400 g/mol. The van der Waals surface area contributed by atoms with Crippen LogP contribution < -0.4 is 0 Å².